The fraction of sp³-hybridized carbons (Fsp3) is 0.417. The number of carbonyl (C=O) groups excluding carboxylic acids is 1. The maximum atomic E-state index is 11.2. The van der Waals surface area contributed by atoms with Crippen molar-refractivity contribution < 1.29 is 14.3 Å². The summed E-state index contributed by atoms with van der Waals surface area (Å²) < 4.78 is 10.5. The molecule has 6 heteroatoms. The van der Waals surface area contributed by atoms with Crippen molar-refractivity contribution >= 4 is 17.5 Å². The third-order valence-electron chi connectivity index (χ3n) is 2.84. The Morgan fingerprint density at radius 1 is 1.50 bits per heavy atom. The minimum absolute atomic E-state index is 0.179. The summed E-state index contributed by atoms with van der Waals surface area (Å²) in [6.07, 6.45) is 0. The summed E-state index contributed by atoms with van der Waals surface area (Å²) in [6, 6.07) is 3.61. The van der Waals surface area contributed by atoms with Gasteiger partial charge in [0.25, 0.3) is 0 Å². The standard InChI is InChI=1S/C12H15ClN2O3/c1-12(2,11(14)16)15-5-7-3-8(13)10-9(4-7)17-6-18-10/h3-4,15H,5-6H2,1-2H3,(H2,14,16). The first-order valence-electron chi connectivity index (χ1n) is 5.53. The second-order valence-electron chi connectivity index (χ2n) is 4.65. The van der Waals surface area contributed by atoms with Crippen molar-refractivity contribution in [3.63, 3.8) is 0 Å². The van der Waals surface area contributed by atoms with Gasteiger partial charge in [0.15, 0.2) is 11.5 Å². The molecule has 1 aliphatic rings. The largest absolute Gasteiger partial charge is 0.454 e. The minimum Gasteiger partial charge on any atom is -0.454 e. The molecule has 1 aromatic carbocycles. The highest BCUT2D eigenvalue weighted by atomic mass is 35.5. The number of nitrogens with one attached hydrogen (secondary N) is 1. The van der Waals surface area contributed by atoms with E-state index in [-0.39, 0.29) is 6.79 Å². The topological polar surface area (TPSA) is 73.6 Å². The van der Waals surface area contributed by atoms with E-state index >= 15 is 0 Å². The quantitative estimate of drug-likeness (QED) is 0.868. The van der Waals surface area contributed by atoms with Gasteiger partial charge in [0.2, 0.25) is 12.7 Å². The van der Waals surface area contributed by atoms with Gasteiger partial charge in [-0.25, -0.2) is 0 Å². The van der Waals surface area contributed by atoms with Gasteiger partial charge >= 0.3 is 0 Å². The normalized spacial score (nSPS) is 13.7. The second-order valence-corrected chi connectivity index (χ2v) is 5.06. The molecule has 1 aromatic rings. The summed E-state index contributed by atoms with van der Waals surface area (Å²) in [5.74, 6) is 0.778. The van der Waals surface area contributed by atoms with Crippen LogP contribution in [0.25, 0.3) is 0 Å². The highest BCUT2D eigenvalue weighted by molar-refractivity contribution is 6.32. The maximum Gasteiger partial charge on any atom is 0.237 e. The lowest BCUT2D eigenvalue weighted by atomic mass is 10.0. The SMILES string of the molecule is CC(C)(NCc1cc(Cl)c2c(c1)OCO2)C(N)=O. The van der Waals surface area contributed by atoms with Crippen LogP contribution in [0.15, 0.2) is 12.1 Å². The Balaban J connectivity index is 2.12. The second kappa shape index (κ2) is 4.66. The Morgan fingerprint density at radius 2 is 2.22 bits per heavy atom. The molecule has 0 bridgehead atoms. The first-order valence-corrected chi connectivity index (χ1v) is 5.91. The monoisotopic (exact) mass is 270 g/mol. The van der Waals surface area contributed by atoms with E-state index in [9.17, 15) is 4.79 Å². The molecule has 0 saturated heterocycles. The summed E-state index contributed by atoms with van der Waals surface area (Å²) >= 11 is 6.06. The molecule has 2 rings (SSSR count). The number of fused-ring (bicyclic) bond motifs is 1. The highest BCUT2D eigenvalue weighted by Crippen LogP contribution is 2.39. The van der Waals surface area contributed by atoms with Crippen LogP contribution < -0.4 is 20.5 Å². The van der Waals surface area contributed by atoms with Crippen molar-refractivity contribution in [3.05, 3.63) is 22.7 Å². The van der Waals surface area contributed by atoms with Crippen molar-refractivity contribution in [2.75, 3.05) is 6.79 Å². The molecule has 1 aliphatic heterocycles. The molecular weight excluding hydrogens is 256 g/mol. The Hall–Kier alpha value is -1.46. The van der Waals surface area contributed by atoms with Crippen LogP contribution in [-0.4, -0.2) is 18.2 Å². The van der Waals surface area contributed by atoms with Crippen LogP contribution in [0, 0.1) is 0 Å². The summed E-state index contributed by atoms with van der Waals surface area (Å²) in [5.41, 5.74) is 5.41. The smallest absolute Gasteiger partial charge is 0.237 e. The fourth-order valence-corrected chi connectivity index (χ4v) is 1.82. The van der Waals surface area contributed by atoms with E-state index in [2.05, 4.69) is 5.32 Å². The number of ether oxygens (including phenoxy) is 2. The molecule has 3 N–H and O–H groups in total. The Bertz CT molecular complexity index is 488. The lowest BCUT2D eigenvalue weighted by Crippen LogP contribution is -2.50. The van der Waals surface area contributed by atoms with Crippen LogP contribution >= 0.6 is 11.6 Å². The molecular formula is C12H15ClN2O3. The van der Waals surface area contributed by atoms with E-state index in [0.717, 1.165) is 5.56 Å². The van der Waals surface area contributed by atoms with Gasteiger partial charge in [0.1, 0.15) is 0 Å². The van der Waals surface area contributed by atoms with Crippen LogP contribution in [0.4, 0.5) is 0 Å². The average Bonchev–Trinajstić information content (AvgIpc) is 2.75. The zero-order valence-electron chi connectivity index (χ0n) is 10.2. The van der Waals surface area contributed by atoms with E-state index in [1.165, 1.54) is 0 Å². The van der Waals surface area contributed by atoms with Crippen molar-refractivity contribution in [1.82, 2.24) is 5.32 Å². The third-order valence-corrected chi connectivity index (χ3v) is 3.12. The molecule has 5 nitrogen and oxygen atoms in total. The van der Waals surface area contributed by atoms with Gasteiger partial charge in [-0.15, -0.1) is 0 Å². The van der Waals surface area contributed by atoms with Gasteiger partial charge < -0.3 is 15.2 Å². The Kier molecular flexibility index (Phi) is 3.36. The van der Waals surface area contributed by atoms with Crippen LogP contribution in [0.3, 0.4) is 0 Å². The van der Waals surface area contributed by atoms with Crippen LogP contribution in [0.1, 0.15) is 19.4 Å². The van der Waals surface area contributed by atoms with Crippen molar-refractivity contribution in [1.29, 1.82) is 0 Å². The van der Waals surface area contributed by atoms with Gasteiger partial charge in [-0.1, -0.05) is 11.6 Å². The van der Waals surface area contributed by atoms with E-state index in [1.807, 2.05) is 6.07 Å². The molecule has 18 heavy (non-hydrogen) atoms. The summed E-state index contributed by atoms with van der Waals surface area (Å²) in [5, 5.41) is 3.56. The molecule has 0 aromatic heterocycles. The summed E-state index contributed by atoms with van der Waals surface area (Å²) in [6.45, 7) is 4.10. The Morgan fingerprint density at radius 3 is 2.89 bits per heavy atom. The maximum absolute atomic E-state index is 11.2. The Labute approximate surface area is 110 Å². The average molecular weight is 271 g/mol. The van der Waals surface area contributed by atoms with E-state index < -0.39 is 11.4 Å². The fourth-order valence-electron chi connectivity index (χ4n) is 1.53. The predicted octanol–water partition coefficient (Wildman–Crippen LogP) is 1.42. The van der Waals surface area contributed by atoms with E-state index in [1.54, 1.807) is 19.9 Å². The highest BCUT2D eigenvalue weighted by Gasteiger charge is 2.24. The molecule has 0 spiro atoms. The van der Waals surface area contributed by atoms with Crippen LogP contribution in [0.2, 0.25) is 5.02 Å². The lowest BCUT2D eigenvalue weighted by Gasteiger charge is -2.22. The van der Waals surface area contributed by atoms with Crippen molar-refractivity contribution in [2.24, 2.45) is 5.73 Å². The van der Waals surface area contributed by atoms with Gasteiger partial charge in [0.05, 0.1) is 10.6 Å². The van der Waals surface area contributed by atoms with Gasteiger partial charge in [-0.2, -0.15) is 0 Å². The summed E-state index contributed by atoms with van der Waals surface area (Å²) in [4.78, 5) is 11.2. The molecule has 0 fully saturated rings. The number of primary amides is 1. The molecule has 0 radical (unpaired) electrons. The first kappa shape index (κ1) is 13.0. The van der Waals surface area contributed by atoms with Gasteiger partial charge in [-0.05, 0) is 31.5 Å². The zero-order chi connectivity index (χ0) is 13.3. The number of carbonyl (C=O) groups is 1. The van der Waals surface area contributed by atoms with Crippen LogP contribution in [-0.2, 0) is 11.3 Å². The molecule has 0 aliphatic carbocycles. The number of amides is 1. The van der Waals surface area contributed by atoms with Gasteiger partial charge in [-0.3, -0.25) is 10.1 Å². The van der Waals surface area contributed by atoms with E-state index in [4.69, 9.17) is 26.8 Å². The number of hydrogen-bond acceptors (Lipinski definition) is 4. The summed E-state index contributed by atoms with van der Waals surface area (Å²) in [7, 11) is 0. The van der Waals surface area contributed by atoms with Crippen LogP contribution in [0.5, 0.6) is 11.5 Å². The minimum atomic E-state index is -0.775. The number of benzene rings is 1. The molecule has 1 amide bonds. The molecule has 98 valence electrons. The first-order chi connectivity index (χ1) is 8.40. The number of hydrogen-bond donors (Lipinski definition) is 2. The molecule has 0 saturated carbocycles. The third kappa shape index (κ3) is 2.52. The number of halogens is 1. The van der Waals surface area contributed by atoms with Crippen molar-refractivity contribution in [3.8, 4) is 11.5 Å². The number of nitrogens with two attached hydrogens (primary N) is 1. The lowest BCUT2D eigenvalue weighted by molar-refractivity contribution is -0.123. The predicted molar refractivity (Wildman–Crippen MR) is 67.7 cm³/mol. The van der Waals surface area contributed by atoms with Gasteiger partial charge in [0, 0.05) is 6.54 Å². The van der Waals surface area contributed by atoms with E-state index in [0.29, 0.717) is 23.1 Å². The molecule has 1 heterocycles. The zero-order valence-corrected chi connectivity index (χ0v) is 11.0. The number of rotatable bonds is 4. The van der Waals surface area contributed by atoms with Crippen molar-refractivity contribution in [2.45, 2.75) is 25.9 Å². The molecule has 0 unspecified atom stereocenters. The molecule has 0 atom stereocenters.